The summed E-state index contributed by atoms with van der Waals surface area (Å²) in [6, 6.07) is 7.02. The maximum Gasteiger partial charge on any atom is 0.170 e. The van der Waals surface area contributed by atoms with Crippen LogP contribution in [-0.4, -0.2) is 25.8 Å². The van der Waals surface area contributed by atoms with Gasteiger partial charge in [0.1, 0.15) is 18.7 Å². The molecule has 0 radical (unpaired) electrons. The molecular formula is C13H17N5O2. The Morgan fingerprint density at radius 1 is 1.50 bits per heavy atom. The van der Waals surface area contributed by atoms with Crippen molar-refractivity contribution in [3.63, 3.8) is 0 Å². The SMILES string of the molecule is CCCn1ncnc1COc1cccc(C(N)=NO)c1. The topological polar surface area (TPSA) is 98.5 Å². The van der Waals surface area contributed by atoms with Crippen molar-refractivity contribution in [3.05, 3.63) is 42.0 Å². The summed E-state index contributed by atoms with van der Waals surface area (Å²) in [5.74, 6) is 1.44. The first kappa shape index (κ1) is 13.9. The van der Waals surface area contributed by atoms with Crippen molar-refractivity contribution in [1.29, 1.82) is 0 Å². The highest BCUT2D eigenvalue weighted by atomic mass is 16.5. The van der Waals surface area contributed by atoms with E-state index in [1.54, 1.807) is 24.3 Å². The first-order valence-electron chi connectivity index (χ1n) is 6.32. The molecule has 0 aliphatic heterocycles. The van der Waals surface area contributed by atoms with Crippen molar-refractivity contribution >= 4 is 5.84 Å². The van der Waals surface area contributed by atoms with Crippen LogP contribution in [0, 0.1) is 0 Å². The highest BCUT2D eigenvalue weighted by molar-refractivity contribution is 5.97. The molecule has 0 bridgehead atoms. The highest BCUT2D eigenvalue weighted by Crippen LogP contribution is 2.14. The molecule has 7 nitrogen and oxygen atoms in total. The summed E-state index contributed by atoms with van der Waals surface area (Å²) in [5, 5.41) is 15.7. The molecule has 3 N–H and O–H groups in total. The lowest BCUT2D eigenvalue weighted by Crippen LogP contribution is -2.13. The number of aromatic nitrogens is 3. The van der Waals surface area contributed by atoms with E-state index in [9.17, 15) is 0 Å². The van der Waals surface area contributed by atoms with Crippen LogP contribution < -0.4 is 10.5 Å². The largest absolute Gasteiger partial charge is 0.486 e. The molecule has 0 unspecified atom stereocenters. The Morgan fingerprint density at radius 3 is 3.10 bits per heavy atom. The van der Waals surface area contributed by atoms with E-state index >= 15 is 0 Å². The minimum atomic E-state index is 0.0459. The average molecular weight is 275 g/mol. The van der Waals surface area contributed by atoms with Gasteiger partial charge in [0.15, 0.2) is 11.7 Å². The minimum Gasteiger partial charge on any atom is -0.486 e. The normalized spacial score (nSPS) is 11.6. The molecule has 0 saturated carbocycles. The van der Waals surface area contributed by atoms with Gasteiger partial charge >= 0.3 is 0 Å². The third kappa shape index (κ3) is 3.25. The average Bonchev–Trinajstić information content (AvgIpc) is 2.92. The van der Waals surface area contributed by atoms with Gasteiger partial charge in [-0.05, 0) is 18.6 Å². The van der Waals surface area contributed by atoms with Gasteiger partial charge in [-0.2, -0.15) is 5.10 Å². The zero-order valence-electron chi connectivity index (χ0n) is 11.2. The summed E-state index contributed by atoms with van der Waals surface area (Å²) in [6.45, 7) is 3.20. The first-order chi connectivity index (χ1) is 9.74. The zero-order valence-corrected chi connectivity index (χ0v) is 11.2. The zero-order chi connectivity index (χ0) is 14.4. The molecule has 0 atom stereocenters. The summed E-state index contributed by atoms with van der Waals surface area (Å²) in [5.41, 5.74) is 6.13. The second-order valence-electron chi connectivity index (χ2n) is 4.20. The number of ether oxygens (including phenoxy) is 1. The lowest BCUT2D eigenvalue weighted by atomic mass is 10.2. The Labute approximate surface area is 116 Å². The Bertz CT molecular complexity index is 594. The molecule has 0 fully saturated rings. The Kier molecular flexibility index (Phi) is 4.54. The van der Waals surface area contributed by atoms with Gasteiger partial charge in [0.25, 0.3) is 0 Å². The maximum atomic E-state index is 8.66. The number of oxime groups is 1. The van der Waals surface area contributed by atoms with Gasteiger partial charge in [-0.3, -0.25) is 0 Å². The fraction of sp³-hybridized carbons (Fsp3) is 0.308. The lowest BCUT2D eigenvalue weighted by molar-refractivity contribution is 0.286. The van der Waals surface area contributed by atoms with Gasteiger partial charge in [-0.15, -0.1) is 0 Å². The van der Waals surface area contributed by atoms with E-state index in [0.29, 0.717) is 17.9 Å². The van der Waals surface area contributed by atoms with E-state index in [4.69, 9.17) is 15.7 Å². The van der Waals surface area contributed by atoms with Gasteiger partial charge < -0.3 is 15.7 Å². The third-order valence-electron chi connectivity index (χ3n) is 2.74. The van der Waals surface area contributed by atoms with E-state index in [0.717, 1.165) is 18.8 Å². The number of rotatable bonds is 6. The van der Waals surface area contributed by atoms with Crippen LogP contribution in [0.25, 0.3) is 0 Å². The molecule has 1 aromatic carbocycles. The molecule has 0 aliphatic carbocycles. The summed E-state index contributed by atoms with van der Waals surface area (Å²) >= 11 is 0. The molecule has 20 heavy (non-hydrogen) atoms. The van der Waals surface area contributed by atoms with E-state index in [1.807, 2.05) is 4.68 Å². The monoisotopic (exact) mass is 275 g/mol. The van der Waals surface area contributed by atoms with E-state index < -0.39 is 0 Å². The fourth-order valence-corrected chi connectivity index (χ4v) is 1.75. The van der Waals surface area contributed by atoms with Crippen molar-refractivity contribution in [2.24, 2.45) is 10.9 Å². The molecule has 106 valence electrons. The minimum absolute atomic E-state index is 0.0459. The molecule has 0 aliphatic rings. The van der Waals surface area contributed by atoms with E-state index in [2.05, 4.69) is 22.2 Å². The van der Waals surface area contributed by atoms with Crippen LogP contribution in [0.15, 0.2) is 35.7 Å². The molecule has 1 heterocycles. The predicted octanol–water partition coefficient (Wildman–Crippen LogP) is 1.36. The van der Waals surface area contributed by atoms with Crippen LogP contribution in [0.3, 0.4) is 0 Å². The third-order valence-corrected chi connectivity index (χ3v) is 2.74. The standard InChI is InChI=1S/C13H17N5O2/c1-2-6-18-12(15-9-16-18)8-20-11-5-3-4-10(7-11)13(14)17-19/h3-5,7,9,19H,2,6,8H2,1H3,(H2,14,17). The van der Waals surface area contributed by atoms with Gasteiger partial charge in [-0.25, -0.2) is 9.67 Å². The number of amidine groups is 1. The highest BCUT2D eigenvalue weighted by Gasteiger charge is 2.06. The van der Waals surface area contributed by atoms with Crippen molar-refractivity contribution in [2.45, 2.75) is 26.5 Å². The van der Waals surface area contributed by atoms with Gasteiger partial charge in [0.2, 0.25) is 0 Å². The molecule has 7 heteroatoms. The van der Waals surface area contributed by atoms with Crippen LogP contribution in [0.2, 0.25) is 0 Å². The van der Waals surface area contributed by atoms with Crippen molar-refractivity contribution in [1.82, 2.24) is 14.8 Å². The van der Waals surface area contributed by atoms with Crippen LogP contribution >= 0.6 is 0 Å². The van der Waals surface area contributed by atoms with Crippen molar-refractivity contribution in [2.75, 3.05) is 0 Å². The van der Waals surface area contributed by atoms with Gasteiger partial charge in [0.05, 0.1) is 0 Å². The Balaban J connectivity index is 2.05. The predicted molar refractivity (Wildman–Crippen MR) is 73.6 cm³/mol. The molecule has 1 aromatic heterocycles. The number of hydrogen-bond donors (Lipinski definition) is 2. The van der Waals surface area contributed by atoms with Gasteiger partial charge in [-0.1, -0.05) is 24.2 Å². The summed E-state index contributed by atoms with van der Waals surface area (Å²) in [7, 11) is 0. The molecule has 0 spiro atoms. The van der Waals surface area contributed by atoms with Crippen LogP contribution in [0.5, 0.6) is 5.75 Å². The fourth-order valence-electron chi connectivity index (χ4n) is 1.75. The number of nitrogens with two attached hydrogens (primary N) is 1. The maximum absolute atomic E-state index is 8.66. The molecule has 2 aromatic rings. The smallest absolute Gasteiger partial charge is 0.170 e. The summed E-state index contributed by atoms with van der Waals surface area (Å²) < 4.78 is 7.47. The number of benzene rings is 1. The Hall–Kier alpha value is -2.57. The number of aryl methyl sites for hydroxylation is 1. The number of hydrogen-bond acceptors (Lipinski definition) is 5. The quantitative estimate of drug-likeness (QED) is 0.359. The summed E-state index contributed by atoms with van der Waals surface area (Å²) in [4.78, 5) is 4.16. The summed E-state index contributed by atoms with van der Waals surface area (Å²) in [6.07, 6.45) is 2.50. The second kappa shape index (κ2) is 6.55. The molecule has 0 saturated heterocycles. The second-order valence-corrected chi connectivity index (χ2v) is 4.20. The molecule has 0 amide bonds. The molecular weight excluding hydrogens is 258 g/mol. The van der Waals surface area contributed by atoms with Crippen LogP contribution in [-0.2, 0) is 13.2 Å². The van der Waals surface area contributed by atoms with E-state index in [1.165, 1.54) is 6.33 Å². The lowest BCUT2D eigenvalue weighted by Gasteiger charge is -2.08. The van der Waals surface area contributed by atoms with Gasteiger partial charge in [0, 0.05) is 12.1 Å². The first-order valence-corrected chi connectivity index (χ1v) is 6.32. The number of nitrogens with zero attached hydrogens (tertiary/aromatic N) is 4. The van der Waals surface area contributed by atoms with E-state index in [-0.39, 0.29) is 5.84 Å². The van der Waals surface area contributed by atoms with Crippen molar-refractivity contribution in [3.8, 4) is 5.75 Å². The molecule has 2 rings (SSSR count). The Morgan fingerprint density at radius 2 is 2.35 bits per heavy atom. The van der Waals surface area contributed by atoms with Crippen LogP contribution in [0.1, 0.15) is 24.7 Å². The van der Waals surface area contributed by atoms with Crippen molar-refractivity contribution < 1.29 is 9.94 Å². The van der Waals surface area contributed by atoms with Crippen LogP contribution in [0.4, 0.5) is 0 Å².